The van der Waals surface area contributed by atoms with Gasteiger partial charge in [-0.2, -0.15) is 0 Å². The molecule has 1 amide bonds. The Morgan fingerprint density at radius 1 is 0.842 bits per heavy atom. The van der Waals surface area contributed by atoms with Crippen molar-refractivity contribution in [3.63, 3.8) is 0 Å². The van der Waals surface area contributed by atoms with Gasteiger partial charge in [-0.15, -0.1) is 11.3 Å². The number of thiazole rings is 1. The molecule has 5 aromatic rings. The molecule has 0 spiro atoms. The molecule has 1 N–H and O–H groups in total. The summed E-state index contributed by atoms with van der Waals surface area (Å²) in [7, 11) is -3.97. The smallest absolute Gasteiger partial charge is 0.264 e. The summed E-state index contributed by atoms with van der Waals surface area (Å²) < 4.78 is 29.4. The maximum absolute atomic E-state index is 13.6. The van der Waals surface area contributed by atoms with Gasteiger partial charge in [0.1, 0.15) is 11.6 Å². The summed E-state index contributed by atoms with van der Waals surface area (Å²) in [6.07, 6.45) is 0. The second-order valence-corrected chi connectivity index (χ2v) is 12.2. The summed E-state index contributed by atoms with van der Waals surface area (Å²) in [5, 5.41) is 3.74. The number of anilines is 2. The number of nitrogens with one attached hydrogen (secondary N) is 1. The zero-order valence-corrected chi connectivity index (χ0v) is 22.9. The number of sulfonamides is 1. The highest BCUT2D eigenvalue weighted by Gasteiger charge is 2.27. The van der Waals surface area contributed by atoms with Crippen LogP contribution in [0.1, 0.15) is 16.7 Å². The molecule has 4 aromatic carbocycles. The third-order valence-electron chi connectivity index (χ3n) is 6.15. The molecule has 0 radical (unpaired) electrons. The van der Waals surface area contributed by atoms with Crippen molar-refractivity contribution in [2.75, 3.05) is 16.2 Å². The van der Waals surface area contributed by atoms with Crippen LogP contribution in [0, 0.1) is 20.8 Å². The fourth-order valence-corrected chi connectivity index (χ4v) is 6.60. The van der Waals surface area contributed by atoms with Gasteiger partial charge in [0.15, 0.2) is 0 Å². The number of nitrogens with zero attached hydrogens (tertiary/aromatic N) is 2. The van der Waals surface area contributed by atoms with Gasteiger partial charge in [-0.3, -0.25) is 9.10 Å². The minimum atomic E-state index is -3.97. The maximum Gasteiger partial charge on any atom is 0.264 e. The fourth-order valence-electron chi connectivity index (χ4n) is 4.12. The van der Waals surface area contributed by atoms with E-state index in [2.05, 4.69) is 18.3 Å². The van der Waals surface area contributed by atoms with E-state index in [1.807, 2.05) is 44.2 Å². The highest BCUT2D eigenvalue weighted by molar-refractivity contribution is 7.92. The number of hydrogen-bond acceptors (Lipinski definition) is 5. The van der Waals surface area contributed by atoms with Crippen LogP contribution in [0.2, 0.25) is 0 Å². The van der Waals surface area contributed by atoms with Crippen LogP contribution in [0.15, 0.2) is 95.9 Å². The molecule has 0 aliphatic rings. The molecule has 6 nitrogen and oxygen atoms in total. The first kappa shape index (κ1) is 25.6. The molecular formula is C30H27N3O3S2. The Kier molecular flexibility index (Phi) is 7.01. The van der Waals surface area contributed by atoms with Crippen molar-refractivity contribution in [1.29, 1.82) is 0 Å². The lowest BCUT2D eigenvalue weighted by molar-refractivity contribution is -0.114. The Morgan fingerprint density at radius 3 is 2.24 bits per heavy atom. The molecule has 0 aliphatic heterocycles. The molecule has 0 bridgehead atoms. The molecule has 8 heteroatoms. The monoisotopic (exact) mass is 541 g/mol. The first-order valence-corrected chi connectivity index (χ1v) is 14.4. The molecule has 1 heterocycles. The Balaban J connectivity index is 1.37. The van der Waals surface area contributed by atoms with Crippen molar-refractivity contribution in [1.82, 2.24) is 4.98 Å². The predicted molar refractivity (Wildman–Crippen MR) is 155 cm³/mol. The minimum absolute atomic E-state index is 0.132. The van der Waals surface area contributed by atoms with Crippen molar-refractivity contribution in [3.05, 3.63) is 108 Å². The standard InChI is InChI=1S/C30H27N3O3S2/c1-20-7-14-26(15-8-20)38(35,36)33(25-6-4-5-21(2)17-25)19-29(34)31-24-12-10-23(11-13-24)30-32-27-16-9-22(3)18-28(27)37-30/h4-18H,19H2,1-3H3,(H,31,34). The summed E-state index contributed by atoms with van der Waals surface area (Å²) in [6.45, 7) is 5.47. The highest BCUT2D eigenvalue weighted by atomic mass is 32.2. The van der Waals surface area contributed by atoms with Gasteiger partial charge in [-0.25, -0.2) is 13.4 Å². The van der Waals surface area contributed by atoms with E-state index in [1.54, 1.807) is 65.9 Å². The second kappa shape index (κ2) is 10.4. The van der Waals surface area contributed by atoms with Crippen LogP contribution in [-0.2, 0) is 14.8 Å². The average Bonchev–Trinajstić information content (AvgIpc) is 3.31. The molecule has 0 saturated carbocycles. The Hall–Kier alpha value is -4.01. The zero-order valence-electron chi connectivity index (χ0n) is 21.3. The topological polar surface area (TPSA) is 79.4 Å². The van der Waals surface area contributed by atoms with Crippen LogP contribution in [0.4, 0.5) is 11.4 Å². The number of aryl methyl sites for hydroxylation is 3. The summed E-state index contributed by atoms with van der Waals surface area (Å²) >= 11 is 1.62. The van der Waals surface area contributed by atoms with Crippen LogP contribution < -0.4 is 9.62 Å². The quantitative estimate of drug-likeness (QED) is 0.248. The van der Waals surface area contributed by atoms with E-state index in [9.17, 15) is 13.2 Å². The van der Waals surface area contributed by atoms with E-state index in [-0.39, 0.29) is 11.4 Å². The third kappa shape index (κ3) is 5.46. The first-order chi connectivity index (χ1) is 18.2. The number of carbonyl (C=O) groups excluding carboxylic acids is 1. The van der Waals surface area contributed by atoms with Crippen molar-refractivity contribution >= 4 is 48.9 Å². The van der Waals surface area contributed by atoms with Crippen molar-refractivity contribution < 1.29 is 13.2 Å². The van der Waals surface area contributed by atoms with E-state index >= 15 is 0 Å². The van der Waals surface area contributed by atoms with Gasteiger partial charge in [-0.1, -0.05) is 35.9 Å². The number of aromatic nitrogens is 1. The normalized spacial score (nSPS) is 11.4. The minimum Gasteiger partial charge on any atom is -0.325 e. The van der Waals surface area contributed by atoms with E-state index in [0.29, 0.717) is 11.4 Å². The molecule has 0 saturated heterocycles. The molecule has 192 valence electrons. The number of rotatable bonds is 7. The fraction of sp³-hybridized carbons (Fsp3) is 0.133. The SMILES string of the molecule is Cc1ccc(S(=O)(=O)N(CC(=O)Nc2ccc(-c3nc4ccc(C)cc4s3)cc2)c2cccc(C)c2)cc1. The van der Waals surface area contributed by atoms with Gasteiger partial charge in [0.05, 0.1) is 20.8 Å². The van der Waals surface area contributed by atoms with Crippen LogP contribution in [0.3, 0.4) is 0 Å². The number of benzene rings is 4. The highest BCUT2D eigenvalue weighted by Crippen LogP contribution is 2.31. The third-order valence-corrected chi connectivity index (χ3v) is 9.00. The lowest BCUT2D eigenvalue weighted by Gasteiger charge is -2.24. The molecule has 5 rings (SSSR count). The van der Waals surface area contributed by atoms with Gasteiger partial charge < -0.3 is 5.32 Å². The van der Waals surface area contributed by atoms with Crippen LogP contribution in [0.25, 0.3) is 20.8 Å². The molecule has 0 aliphatic carbocycles. The number of hydrogen-bond donors (Lipinski definition) is 1. The number of carbonyl (C=O) groups is 1. The van der Waals surface area contributed by atoms with Gasteiger partial charge in [0, 0.05) is 11.3 Å². The van der Waals surface area contributed by atoms with Gasteiger partial charge in [-0.05, 0) is 92.6 Å². The Labute approximate surface area is 226 Å². The average molecular weight is 542 g/mol. The second-order valence-electron chi connectivity index (χ2n) is 9.28. The van der Waals surface area contributed by atoms with E-state index in [4.69, 9.17) is 4.98 Å². The molecule has 1 aromatic heterocycles. The summed E-state index contributed by atoms with van der Waals surface area (Å²) in [4.78, 5) is 17.9. The van der Waals surface area contributed by atoms with Crippen LogP contribution >= 0.6 is 11.3 Å². The lowest BCUT2D eigenvalue weighted by Crippen LogP contribution is -2.38. The van der Waals surface area contributed by atoms with Crippen LogP contribution in [-0.4, -0.2) is 25.9 Å². The van der Waals surface area contributed by atoms with Crippen molar-refractivity contribution in [3.8, 4) is 10.6 Å². The summed E-state index contributed by atoms with van der Waals surface area (Å²) in [5.74, 6) is -0.439. The lowest BCUT2D eigenvalue weighted by atomic mass is 10.2. The first-order valence-electron chi connectivity index (χ1n) is 12.1. The molecule has 0 unspecified atom stereocenters. The largest absolute Gasteiger partial charge is 0.325 e. The van der Waals surface area contributed by atoms with Gasteiger partial charge in [0.2, 0.25) is 5.91 Å². The predicted octanol–water partition coefficient (Wildman–Crippen LogP) is 6.72. The number of amides is 1. The van der Waals surface area contributed by atoms with Crippen molar-refractivity contribution in [2.45, 2.75) is 25.7 Å². The van der Waals surface area contributed by atoms with Crippen LogP contribution in [0.5, 0.6) is 0 Å². The van der Waals surface area contributed by atoms with Gasteiger partial charge >= 0.3 is 0 Å². The molecule has 0 fully saturated rings. The Bertz CT molecular complexity index is 1730. The number of fused-ring (bicyclic) bond motifs is 1. The maximum atomic E-state index is 13.6. The summed E-state index contributed by atoms with van der Waals surface area (Å²) in [6, 6.07) is 27.3. The molecular weight excluding hydrogens is 514 g/mol. The molecule has 38 heavy (non-hydrogen) atoms. The Morgan fingerprint density at radius 2 is 1.53 bits per heavy atom. The van der Waals surface area contributed by atoms with E-state index < -0.39 is 15.9 Å². The van der Waals surface area contributed by atoms with E-state index in [0.717, 1.165) is 36.2 Å². The van der Waals surface area contributed by atoms with Gasteiger partial charge in [0.25, 0.3) is 10.0 Å². The summed E-state index contributed by atoms with van der Waals surface area (Å²) in [5.41, 5.74) is 5.95. The van der Waals surface area contributed by atoms with E-state index in [1.165, 1.54) is 5.56 Å². The zero-order chi connectivity index (χ0) is 26.9. The molecule has 0 atom stereocenters. The van der Waals surface area contributed by atoms with Crippen molar-refractivity contribution in [2.24, 2.45) is 0 Å².